The van der Waals surface area contributed by atoms with E-state index in [-0.39, 0.29) is 39.1 Å². The lowest BCUT2D eigenvalue weighted by atomic mass is 9.95. The third-order valence-corrected chi connectivity index (χ3v) is 10.2. The van der Waals surface area contributed by atoms with Gasteiger partial charge in [0, 0.05) is 17.6 Å². The molecule has 0 saturated heterocycles. The van der Waals surface area contributed by atoms with Gasteiger partial charge in [0.2, 0.25) is 11.8 Å². The van der Waals surface area contributed by atoms with Gasteiger partial charge < -0.3 is 15.0 Å². The van der Waals surface area contributed by atoms with Gasteiger partial charge in [0.05, 0.1) is 22.7 Å². The summed E-state index contributed by atoms with van der Waals surface area (Å²) in [5.41, 5.74) is 1.71. The predicted octanol–water partition coefficient (Wildman–Crippen LogP) is 6.76. The van der Waals surface area contributed by atoms with Crippen molar-refractivity contribution >= 4 is 50.7 Å². The first-order valence-electron chi connectivity index (χ1n) is 14.8. The SMILES string of the molecule is CCC(C(=O)NC1CCCCC1)N(Cc1ccc(OC)cc1)C(=O)CN(c1cc(Cl)ccc1Cl)S(=O)(=O)c1ccc(C)cc1. The predicted molar refractivity (Wildman–Crippen MR) is 175 cm³/mol. The highest BCUT2D eigenvalue weighted by Crippen LogP contribution is 2.33. The van der Waals surface area contributed by atoms with Crippen LogP contribution in [-0.2, 0) is 26.2 Å². The number of nitrogens with one attached hydrogen (secondary N) is 1. The van der Waals surface area contributed by atoms with Gasteiger partial charge in [-0.05, 0) is 74.2 Å². The average Bonchev–Trinajstić information content (AvgIpc) is 3.02. The number of carbonyl (C=O) groups excluding carboxylic acids is 2. The second kappa shape index (κ2) is 15.1. The maximum absolute atomic E-state index is 14.3. The van der Waals surface area contributed by atoms with E-state index in [0.29, 0.717) is 12.2 Å². The molecule has 0 spiro atoms. The van der Waals surface area contributed by atoms with E-state index in [9.17, 15) is 18.0 Å². The van der Waals surface area contributed by atoms with Crippen LogP contribution in [0.2, 0.25) is 10.0 Å². The molecule has 3 aromatic carbocycles. The number of methoxy groups -OCH3 is 1. The van der Waals surface area contributed by atoms with Crippen LogP contribution in [0, 0.1) is 6.92 Å². The monoisotopic (exact) mass is 659 g/mol. The average molecular weight is 661 g/mol. The summed E-state index contributed by atoms with van der Waals surface area (Å²) in [5, 5.41) is 3.52. The summed E-state index contributed by atoms with van der Waals surface area (Å²) < 4.78 is 34.4. The van der Waals surface area contributed by atoms with Gasteiger partial charge in [-0.1, -0.05) is 79.2 Å². The lowest BCUT2D eigenvalue weighted by molar-refractivity contribution is -0.140. The normalized spacial score (nSPS) is 14.5. The molecule has 44 heavy (non-hydrogen) atoms. The molecule has 236 valence electrons. The zero-order valence-corrected chi connectivity index (χ0v) is 27.6. The van der Waals surface area contributed by atoms with Crippen molar-refractivity contribution in [1.29, 1.82) is 0 Å². The maximum atomic E-state index is 14.3. The minimum Gasteiger partial charge on any atom is -0.497 e. The Hall–Kier alpha value is -3.27. The largest absolute Gasteiger partial charge is 0.497 e. The van der Waals surface area contributed by atoms with E-state index >= 15 is 0 Å². The number of aryl methyl sites for hydroxylation is 1. The fraction of sp³-hybridized carbons (Fsp3) is 0.394. The summed E-state index contributed by atoms with van der Waals surface area (Å²) in [6.45, 7) is 3.18. The molecule has 0 radical (unpaired) electrons. The Labute approximate surface area is 270 Å². The maximum Gasteiger partial charge on any atom is 0.264 e. The molecular weight excluding hydrogens is 621 g/mol. The van der Waals surface area contributed by atoms with E-state index in [1.54, 1.807) is 37.4 Å². The van der Waals surface area contributed by atoms with Gasteiger partial charge >= 0.3 is 0 Å². The molecule has 0 bridgehead atoms. The van der Waals surface area contributed by atoms with Gasteiger partial charge in [-0.15, -0.1) is 0 Å². The molecule has 3 aromatic rings. The van der Waals surface area contributed by atoms with Crippen molar-refractivity contribution in [3.8, 4) is 5.75 Å². The number of carbonyl (C=O) groups is 2. The van der Waals surface area contributed by atoms with Crippen molar-refractivity contribution in [3.63, 3.8) is 0 Å². The van der Waals surface area contributed by atoms with Crippen molar-refractivity contribution in [2.75, 3.05) is 18.0 Å². The number of sulfonamides is 1. The van der Waals surface area contributed by atoms with Crippen LogP contribution in [0.5, 0.6) is 5.75 Å². The molecule has 0 aromatic heterocycles. The number of nitrogens with zero attached hydrogens (tertiary/aromatic N) is 2. The molecule has 1 aliphatic rings. The van der Waals surface area contributed by atoms with Crippen LogP contribution in [0.3, 0.4) is 0 Å². The quantitative estimate of drug-likeness (QED) is 0.232. The van der Waals surface area contributed by atoms with Crippen LogP contribution in [0.25, 0.3) is 0 Å². The van der Waals surface area contributed by atoms with E-state index in [0.717, 1.165) is 47.5 Å². The van der Waals surface area contributed by atoms with Crippen LogP contribution in [-0.4, -0.2) is 50.9 Å². The molecule has 0 aliphatic heterocycles. The Morgan fingerprint density at radius 3 is 2.25 bits per heavy atom. The molecule has 0 heterocycles. The Bertz CT molecular complexity index is 1540. The molecule has 1 fully saturated rings. The Morgan fingerprint density at radius 1 is 0.977 bits per heavy atom. The summed E-state index contributed by atoms with van der Waals surface area (Å²) in [4.78, 5) is 29.5. The number of amides is 2. The highest BCUT2D eigenvalue weighted by molar-refractivity contribution is 7.92. The Balaban J connectivity index is 1.73. The molecule has 11 heteroatoms. The zero-order chi connectivity index (χ0) is 31.9. The molecule has 1 atom stereocenters. The fourth-order valence-electron chi connectivity index (χ4n) is 5.42. The second-order valence-corrected chi connectivity index (χ2v) is 13.8. The van der Waals surface area contributed by atoms with Crippen LogP contribution in [0.15, 0.2) is 71.6 Å². The lowest BCUT2D eigenvalue weighted by Gasteiger charge is -2.34. The van der Waals surface area contributed by atoms with Crippen molar-refractivity contribution in [1.82, 2.24) is 10.2 Å². The number of anilines is 1. The molecule has 2 amide bonds. The van der Waals surface area contributed by atoms with Gasteiger partial charge in [-0.2, -0.15) is 0 Å². The summed E-state index contributed by atoms with van der Waals surface area (Å²) in [7, 11) is -2.70. The summed E-state index contributed by atoms with van der Waals surface area (Å²) in [6, 6.07) is 17.2. The number of rotatable bonds is 12. The molecular formula is C33H39Cl2N3O5S. The molecule has 4 rings (SSSR count). The van der Waals surface area contributed by atoms with Crippen molar-refractivity contribution in [3.05, 3.63) is 87.9 Å². The number of hydrogen-bond donors (Lipinski definition) is 1. The minimum absolute atomic E-state index is 0.00395. The fourth-order valence-corrected chi connectivity index (χ4v) is 7.28. The van der Waals surface area contributed by atoms with Crippen LogP contribution in [0.1, 0.15) is 56.6 Å². The van der Waals surface area contributed by atoms with Gasteiger partial charge in [0.15, 0.2) is 0 Å². The van der Waals surface area contributed by atoms with Gasteiger partial charge in [-0.3, -0.25) is 13.9 Å². The first kappa shape index (κ1) is 33.6. The highest BCUT2D eigenvalue weighted by Gasteiger charge is 2.35. The molecule has 8 nitrogen and oxygen atoms in total. The van der Waals surface area contributed by atoms with E-state index < -0.39 is 28.5 Å². The molecule has 1 saturated carbocycles. The minimum atomic E-state index is -4.27. The van der Waals surface area contributed by atoms with E-state index in [1.165, 1.54) is 29.2 Å². The highest BCUT2D eigenvalue weighted by atomic mass is 35.5. The number of hydrogen-bond acceptors (Lipinski definition) is 5. The van der Waals surface area contributed by atoms with Crippen molar-refractivity contribution in [2.45, 2.75) is 75.9 Å². The van der Waals surface area contributed by atoms with Crippen LogP contribution >= 0.6 is 23.2 Å². The molecule has 1 aliphatic carbocycles. The number of benzene rings is 3. The van der Waals surface area contributed by atoms with Gasteiger partial charge in [-0.25, -0.2) is 8.42 Å². The van der Waals surface area contributed by atoms with Crippen molar-refractivity contribution < 1.29 is 22.7 Å². The summed E-state index contributed by atoms with van der Waals surface area (Å²) in [5.74, 6) is -0.159. The van der Waals surface area contributed by atoms with Gasteiger partial charge in [0.1, 0.15) is 18.3 Å². The van der Waals surface area contributed by atoms with E-state index in [4.69, 9.17) is 27.9 Å². The first-order valence-corrected chi connectivity index (χ1v) is 17.0. The van der Waals surface area contributed by atoms with Crippen LogP contribution in [0.4, 0.5) is 5.69 Å². The molecule has 1 unspecified atom stereocenters. The smallest absolute Gasteiger partial charge is 0.264 e. The Morgan fingerprint density at radius 2 is 1.64 bits per heavy atom. The van der Waals surface area contributed by atoms with E-state index in [2.05, 4.69) is 5.32 Å². The number of halogens is 2. The summed E-state index contributed by atoms with van der Waals surface area (Å²) >= 11 is 12.8. The third kappa shape index (κ3) is 8.25. The first-order chi connectivity index (χ1) is 21.0. The standard InChI is InChI=1S/C33H39Cl2N3O5S/c1-4-30(33(40)36-26-8-6-5-7-9-26)37(21-24-12-15-27(43-3)16-13-24)32(39)22-38(31-20-25(34)14-19-29(31)35)44(41,42)28-17-10-23(2)11-18-28/h10-20,26,30H,4-9,21-22H2,1-3H3,(H,36,40). The topological polar surface area (TPSA) is 96.0 Å². The summed E-state index contributed by atoms with van der Waals surface area (Å²) in [6.07, 6.45) is 5.35. The lowest BCUT2D eigenvalue weighted by Crippen LogP contribution is -2.54. The second-order valence-electron chi connectivity index (χ2n) is 11.1. The Kier molecular flexibility index (Phi) is 11.6. The third-order valence-electron chi connectivity index (χ3n) is 7.91. The van der Waals surface area contributed by atoms with Crippen LogP contribution < -0.4 is 14.4 Å². The van der Waals surface area contributed by atoms with Crippen molar-refractivity contribution in [2.24, 2.45) is 0 Å². The van der Waals surface area contributed by atoms with Gasteiger partial charge in [0.25, 0.3) is 10.0 Å². The molecule has 1 N–H and O–H groups in total. The zero-order valence-electron chi connectivity index (χ0n) is 25.3. The van der Waals surface area contributed by atoms with E-state index in [1.807, 2.05) is 26.0 Å². The number of ether oxygens (including phenoxy) is 1.